The Labute approximate surface area is 128 Å². The molecule has 6 nitrogen and oxygen atoms in total. The van der Waals surface area contributed by atoms with Crippen molar-refractivity contribution in [1.82, 2.24) is 14.9 Å². The molecule has 1 aliphatic rings. The molecule has 2 atom stereocenters. The van der Waals surface area contributed by atoms with Gasteiger partial charge in [0.05, 0.1) is 22.6 Å². The number of nitrogens with zero attached hydrogens (tertiary/aromatic N) is 3. The average Bonchev–Trinajstić information content (AvgIpc) is 2.84. The number of rotatable bonds is 2. The van der Waals surface area contributed by atoms with Crippen LogP contribution in [0.25, 0.3) is 10.9 Å². The van der Waals surface area contributed by atoms with Crippen LogP contribution >= 0.6 is 15.9 Å². The van der Waals surface area contributed by atoms with Crippen LogP contribution in [0.2, 0.25) is 0 Å². The number of pyridine rings is 2. The summed E-state index contributed by atoms with van der Waals surface area (Å²) in [5.41, 5.74) is 0.721. The zero-order valence-electron chi connectivity index (χ0n) is 10.8. The minimum Gasteiger partial charge on any atom is -0.465 e. The highest BCUT2D eigenvalue weighted by molar-refractivity contribution is 9.10. The quantitative estimate of drug-likeness (QED) is 0.866. The van der Waals surface area contributed by atoms with E-state index >= 15 is 0 Å². The molecule has 1 amide bonds. The second-order valence-electron chi connectivity index (χ2n) is 4.81. The first-order valence-corrected chi connectivity index (χ1v) is 7.13. The van der Waals surface area contributed by atoms with E-state index in [1.54, 1.807) is 18.5 Å². The van der Waals surface area contributed by atoms with Crippen LogP contribution in [0.15, 0.2) is 29.0 Å². The van der Waals surface area contributed by atoms with Gasteiger partial charge in [-0.1, -0.05) is 0 Å². The SMILES string of the molecule is O=C(O)N1C[C@H](F)[C@H](Nc2ncc(Br)c3ncccc23)C1. The molecule has 0 unspecified atom stereocenters. The highest BCUT2D eigenvalue weighted by atomic mass is 79.9. The molecule has 0 bridgehead atoms. The van der Waals surface area contributed by atoms with Crippen molar-refractivity contribution in [1.29, 1.82) is 0 Å². The number of anilines is 1. The fraction of sp³-hybridized carbons (Fsp3) is 0.308. The molecule has 2 aromatic rings. The van der Waals surface area contributed by atoms with E-state index in [9.17, 15) is 9.18 Å². The Kier molecular flexibility index (Phi) is 3.62. The van der Waals surface area contributed by atoms with E-state index in [1.807, 2.05) is 6.07 Å². The summed E-state index contributed by atoms with van der Waals surface area (Å²) < 4.78 is 14.7. The molecule has 110 valence electrons. The van der Waals surface area contributed by atoms with Crippen molar-refractivity contribution in [3.63, 3.8) is 0 Å². The van der Waals surface area contributed by atoms with Gasteiger partial charge in [-0.2, -0.15) is 0 Å². The topological polar surface area (TPSA) is 78.4 Å². The van der Waals surface area contributed by atoms with Gasteiger partial charge >= 0.3 is 6.09 Å². The molecule has 1 aliphatic heterocycles. The Morgan fingerprint density at radius 3 is 3.00 bits per heavy atom. The smallest absolute Gasteiger partial charge is 0.407 e. The number of carboxylic acid groups (broad SMARTS) is 1. The van der Waals surface area contributed by atoms with Crippen molar-refractivity contribution in [2.45, 2.75) is 12.2 Å². The summed E-state index contributed by atoms with van der Waals surface area (Å²) in [6.07, 6.45) is 0.876. The van der Waals surface area contributed by atoms with Crippen molar-refractivity contribution >= 4 is 38.7 Å². The third-order valence-electron chi connectivity index (χ3n) is 3.44. The van der Waals surface area contributed by atoms with Crippen LogP contribution in [-0.2, 0) is 0 Å². The van der Waals surface area contributed by atoms with Gasteiger partial charge in [0.2, 0.25) is 0 Å². The van der Waals surface area contributed by atoms with Crippen molar-refractivity contribution in [3.8, 4) is 0 Å². The second-order valence-corrected chi connectivity index (χ2v) is 5.66. The van der Waals surface area contributed by atoms with Gasteiger partial charge in [0.15, 0.2) is 0 Å². The van der Waals surface area contributed by atoms with Gasteiger partial charge in [-0.25, -0.2) is 14.2 Å². The summed E-state index contributed by atoms with van der Waals surface area (Å²) >= 11 is 3.37. The number of fused-ring (bicyclic) bond motifs is 1. The van der Waals surface area contributed by atoms with E-state index in [0.29, 0.717) is 5.82 Å². The largest absolute Gasteiger partial charge is 0.465 e. The van der Waals surface area contributed by atoms with Gasteiger partial charge in [-0.3, -0.25) is 4.98 Å². The number of nitrogens with one attached hydrogen (secondary N) is 1. The summed E-state index contributed by atoms with van der Waals surface area (Å²) in [5, 5.41) is 12.7. The average molecular weight is 355 g/mol. The molecule has 2 N–H and O–H groups in total. The lowest BCUT2D eigenvalue weighted by atomic mass is 10.2. The standard InChI is InChI=1S/C13H12BrFN4O2/c14-8-4-17-12(7-2-1-3-16-11(7)8)18-10-6-19(13(20)21)5-9(10)15/h1-4,9-10H,5-6H2,(H,17,18)(H,20,21)/t9-,10+/m0/s1. The fourth-order valence-electron chi connectivity index (χ4n) is 2.39. The Morgan fingerprint density at radius 1 is 1.48 bits per heavy atom. The maximum Gasteiger partial charge on any atom is 0.407 e. The number of amides is 1. The number of likely N-dealkylation sites (tertiary alicyclic amines) is 1. The van der Waals surface area contributed by atoms with Gasteiger partial charge < -0.3 is 15.3 Å². The first-order valence-electron chi connectivity index (χ1n) is 6.34. The minimum atomic E-state index is -1.27. The second kappa shape index (κ2) is 5.44. The van der Waals surface area contributed by atoms with E-state index in [2.05, 4.69) is 31.2 Å². The third kappa shape index (κ3) is 2.63. The Morgan fingerprint density at radius 2 is 2.29 bits per heavy atom. The van der Waals surface area contributed by atoms with Gasteiger partial charge in [-0.15, -0.1) is 0 Å². The van der Waals surface area contributed by atoms with Crippen molar-refractivity contribution < 1.29 is 14.3 Å². The van der Waals surface area contributed by atoms with Crippen LogP contribution in [0.1, 0.15) is 0 Å². The van der Waals surface area contributed by atoms with Gasteiger partial charge in [0.25, 0.3) is 0 Å². The van der Waals surface area contributed by atoms with E-state index in [1.165, 1.54) is 0 Å². The summed E-state index contributed by atoms with van der Waals surface area (Å²) in [6, 6.07) is 2.99. The molecule has 21 heavy (non-hydrogen) atoms. The Bertz CT molecular complexity index is 699. The number of halogens is 2. The van der Waals surface area contributed by atoms with Crippen molar-refractivity contribution in [2.24, 2.45) is 0 Å². The maximum atomic E-state index is 13.9. The summed E-state index contributed by atoms with van der Waals surface area (Å²) in [7, 11) is 0. The van der Waals surface area contributed by atoms with E-state index in [0.717, 1.165) is 20.3 Å². The number of hydrogen-bond donors (Lipinski definition) is 2. The zero-order chi connectivity index (χ0) is 15.0. The minimum absolute atomic E-state index is 0.0933. The monoisotopic (exact) mass is 354 g/mol. The van der Waals surface area contributed by atoms with E-state index < -0.39 is 18.3 Å². The number of hydrogen-bond acceptors (Lipinski definition) is 4. The number of aromatic nitrogens is 2. The van der Waals surface area contributed by atoms with E-state index in [4.69, 9.17) is 5.11 Å². The number of alkyl halides is 1. The lowest BCUT2D eigenvalue weighted by molar-refractivity contribution is 0.152. The summed E-state index contributed by atoms with van der Waals surface area (Å²) in [5.74, 6) is 0.501. The molecule has 0 aromatic carbocycles. The Hall–Kier alpha value is -1.96. The van der Waals surface area contributed by atoms with Crippen LogP contribution in [0.3, 0.4) is 0 Å². The predicted molar refractivity (Wildman–Crippen MR) is 79.1 cm³/mol. The molecule has 3 rings (SSSR count). The van der Waals surface area contributed by atoms with Crippen LogP contribution in [0.4, 0.5) is 15.0 Å². The maximum absolute atomic E-state index is 13.9. The van der Waals surface area contributed by atoms with Crippen LogP contribution < -0.4 is 5.32 Å². The zero-order valence-corrected chi connectivity index (χ0v) is 12.4. The van der Waals surface area contributed by atoms with Crippen LogP contribution in [0.5, 0.6) is 0 Å². The predicted octanol–water partition coefficient (Wildman–Crippen LogP) is 2.50. The first-order chi connectivity index (χ1) is 10.1. The molecule has 0 aliphatic carbocycles. The molecular formula is C13H12BrFN4O2. The van der Waals surface area contributed by atoms with Crippen molar-refractivity contribution in [3.05, 3.63) is 29.0 Å². The molecular weight excluding hydrogens is 343 g/mol. The van der Waals surface area contributed by atoms with E-state index in [-0.39, 0.29) is 13.1 Å². The Balaban J connectivity index is 1.89. The number of carbonyl (C=O) groups is 1. The first kappa shape index (κ1) is 14.0. The highest BCUT2D eigenvalue weighted by Crippen LogP contribution is 2.27. The molecule has 1 fully saturated rings. The molecule has 0 radical (unpaired) electrons. The molecule has 0 spiro atoms. The van der Waals surface area contributed by atoms with Gasteiger partial charge in [-0.05, 0) is 28.1 Å². The normalized spacial score (nSPS) is 21.7. The molecule has 2 aromatic heterocycles. The van der Waals surface area contributed by atoms with Crippen LogP contribution in [0, 0.1) is 0 Å². The molecule has 8 heteroatoms. The third-order valence-corrected chi connectivity index (χ3v) is 4.02. The lowest BCUT2D eigenvalue weighted by Crippen LogP contribution is -2.31. The molecule has 0 saturated carbocycles. The van der Waals surface area contributed by atoms with Gasteiger partial charge in [0, 0.05) is 24.3 Å². The summed E-state index contributed by atoms with van der Waals surface area (Å²) in [4.78, 5) is 20.5. The summed E-state index contributed by atoms with van der Waals surface area (Å²) in [6.45, 7) is -0.0320. The van der Waals surface area contributed by atoms with Crippen molar-refractivity contribution in [2.75, 3.05) is 18.4 Å². The fourth-order valence-corrected chi connectivity index (χ4v) is 2.80. The van der Waals surface area contributed by atoms with Crippen LogP contribution in [-0.4, -0.2) is 51.4 Å². The molecule has 3 heterocycles. The van der Waals surface area contributed by atoms with Gasteiger partial charge in [0.1, 0.15) is 12.0 Å². The molecule has 1 saturated heterocycles. The lowest BCUT2D eigenvalue weighted by Gasteiger charge is -2.16. The highest BCUT2D eigenvalue weighted by Gasteiger charge is 2.35.